The number of rotatable bonds is 6. The molecule has 2 heterocycles. The second kappa shape index (κ2) is 6.01. The Morgan fingerprint density at radius 1 is 1.45 bits per heavy atom. The fourth-order valence-electron chi connectivity index (χ4n) is 1.81. The Labute approximate surface area is 128 Å². The Kier molecular flexibility index (Phi) is 4.55. The lowest BCUT2D eigenvalue weighted by Gasteiger charge is -2.24. The van der Waals surface area contributed by atoms with Crippen molar-refractivity contribution in [2.24, 2.45) is 0 Å². The molecule has 0 aliphatic carbocycles. The summed E-state index contributed by atoms with van der Waals surface area (Å²) in [6, 6.07) is 4.25. The van der Waals surface area contributed by atoms with E-state index in [4.69, 9.17) is 10.5 Å². The average Bonchev–Trinajstić information content (AvgIpc) is 2.99. The number of nitrogens with two attached hydrogens (primary N) is 1. The number of hydrogen-bond acceptors (Lipinski definition) is 6. The second-order valence-electron chi connectivity index (χ2n) is 5.61. The van der Waals surface area contributed by atoms with Crippen molar-refractivity contribution in [2.75, 3.05) is 17.6 Å². The number of ether oxygens (including phenoxy) is 1. The molecule has 4 nitrogen and oxygen atoms in total. The van der Waals surface area contributed by atoms with Gasteiger partial charge in [0, 0.05) is 16.8 Å². The van der Waals surface area contributed by atoms with Crippen molar-refractivity contribution in [2.45, 2.75) is 39.2 Å². The summed E-state index contributed by atoms with van der Waals surface area (Å²) >= 11 is 3.13. The zero-order chi connectivity index (χ0) is 14.8. The first-order chi connectivity index (χ1) is 9.40. The molecule has 0 amide bonds. The summed E-state index contributed by atoms with van der Waals surface area (Å²) in [6.45, 7) is 9.22. The highest BCUT2D eigenvalue weighted by Crippen LogP contribution is 2.37. The van der Waals surface area contributed by atoms with E-state index in [-0.39, 0.29) is 11.5 Å². The predicted octanol–water partition coefficient (Wildman–Crippen LogP) is 3.96. The maximum Gasteiger partial charge on any atom is 0.197 e. The quantitative estimate of drug-likeness (QED) is 0.847. The van der Waals surface area contributed by atoms with Crippen molar-refractivity contribution in [3.63, 3.8) is 0 Å². The molecule has 20 heavy (non-hydrogen) atoms. The van der Waals surface area contributed by atoms with Gasteiger partial charge in [-0.2, -0.15) is 4.37 Å². The van der Waals surface area contributed by atoms with Gasteiger partial charge in [-0.1, -0.05) is 19.9 Å². The molecule has 0 saturated heterocycles. The van der Waals surface area contributed by atoms with E-state index in [0.29, 0.717) is 11.6 Å². The summed E-state index contributed by atoms with van der Waals surface area (Å²) in [6.07, 6.45) is 0.0829. The first-order valence-electron chi connectivity index (χ1n) is 6.60. The van der Waals surface area contributed by atoms with Crippen LogP contribution in [0.5, 0.6) is 5.75 Å². The Bertz CT molecular complexity index is 547. The van der Waals surface area contributed by atoms with Crippen LogP contribution in [-0.2, 0) is 5.41 Å². The highest BCUT2D eigenvalue weighted by Gasteiger charge is 2.23. The van der Waals surface area contributed by atoms with Crippen LogP contribution in [0.25, 0.3) is 0 Å². The normalized spacial score (nSPS) is 11.8. The average molecular weight is 311 g/mol. The first-order valence-corrected chi connectivity index (χ1v) is 8.25. The second-order valence-corrected chi connectivity index (χ2v) is 7.33. The number of anilines is 2. The summed E-state index contributed by atoms with van der Waals surface area (Å²) in [4.78, 5) is 1.36. The number of aromatic nitrogens is 1. The molecule has 6 heteroatoms. The van der Waals surface area contributed by atoms with Crippen LogP contribution in [0, 0.1) is 0 Å². The van der Waals surface area contributed by atoms with E-state index in [1.165, 1.54) is 16.4 Å². The van der Waals surface area contributed by atoms with Gasteiger partial charge in [-0.25, -0.2) is 0 Å². The van der Waals surface area contributed by atoms with Crippen molar-refractivity contribution in [1.82, 2.24) is 4.37 Å². The van der Waals surface area contributed by atoms with Gasteiger partial charge in [0.25, 0.3) is 0 Å². The number of nitrogens with zero attached hydrogens (tertiary/aromatic N) is 1. The topological polar surface area (TPSA) is 60.2 Å². The fourth-order valence-corrected chi connectivity index (χ4v) is 3.31. The van der Waals surface area contributed by atoms with Crippen LogP contribution in [0.15, 0.2) is 17.5 Å². The van der Waals surface area contributed by atoms with Gasteiger partial charge >= 0.3 is 0 Å². The summed E-state index contributed by atoms with van der Waals surface area (Å²) < 4.78 is 9.90. The molecule has 0 fully saturated rings. The Morgan fingerprint density at radius 2 is 2.20 bits per heavy atom. The third-order valence-corrected chi connectivity index (χ3v) is 4.94. The van der Waals surface area contributed by atoms with Crippen LogP contribution in [0.2, 0.25) is 0 Å². The van der Waals surface area contributed by atoms with Crippen molar-refractivity contribution in [1.29, 1.82) is 0 Å². The lowest BCUT2D eigenvalue weighted by molar-refractivity contribution is 0.245. The lowest BCUT2D eigenvalue weighted by atomic mass is 9.91. The van der Waals surface area contributed by atoms with Crippen LogP contribution in [0.4, 0.5) is 10.8 Å². The molecule has 0 radical (unpaired) electrons. The van der Waals surface area contributed by atoms with Gasteiger partial charge in [0.05, 0.1) is 6.10 Å². The monoisotopic (exact) mass is 311 g/mol. The lowest BCUT2D eigenvalue weighted by Crippen LogP contribution is -2.26. The van der Waals surface area contributed by atoms with Crippen LogP contribution < -0.4 is 15.8 Å². The molecular weight excluding hydrogens is 290 g/mol. The Balaban J connectivity index is 2.08. The Morgan fingerprint density at radius 3 is 2.80 bits per heavy atom. The van der Waals surface area contributed by atoms with Crippen LogP contribution in [0.1, 0.15) is 32.6 Å². The molecule has 2 rings (SSSR count). The number of hydrogen-bond donors (Lipinski definition) is 2. The zero-order valence-electron chi connectivity index (χ0n) is 12.3. The van der Waals surface area contributed by atoms with E-state index in [0.717, 1.165) is 11.5 Å². The van der Waals surface area contributed by atoms with Gasteiger partial charge in [0.15, 0.2) is 16.6 Å². The predicted molar refractivity (Wildman–Crippen MR) is 88.1 cm³/mol. The molecule has 110 valence electrons. The summed E-state index contributed by atoms with van der Waals surface area (Å²) in [5.74, 6) is 1.13. The molecule has 0 unspecified atom stereocenters. The van der Waals surface area contributed by atoms with Gasteiger partial charge in [-0.15, -0.1) is 11.3 Å². The standard InChI is InChI=1S/C14H21N3OS2/c1-9(2)18-11-12(15)17-20-13(11)16-8-14(3,4)10-6-5-7-19-10/h5-7,9,16H,8H2,1-4H3,(H2,15,17). The number of nitrogens with one attached hydrogen (secondary N) is 1. The molecule has 0 aliphatic rings. The molecule has 3 N–H and O–H groups in total. The maximum atomic E-state index is 5.86. The van der Waals surface area contributed by atoms with Gasteiger partial charge in [-0.05, 0) is 36.8 Å². The summed E-state index contributed by atoms with van der Waals surface area (Å²) in [5, 5.41) is 6.44. The molecule has 0 bridgehead atoms. The van der Waals surface area contributed by atoms with Crippen LogP contribution in [0.3, 0.4) is 0 Å². The molecular formula is C14H21N3OS2. The van der Waals surface area contributed by atoms with E-state index in [1.54, 1.807) is 11.3 Å². The minimum Gasteiger partial charge on any atom is -0.484 e. The fraction of sp³-hybridized carbons (Fsp3) is 0.500. The van der Waals surface area contributed by atoms with Gasteiger partial charge < -0.3 is 15.8 Å². The van der Waals surface area contributed by atoms with Crippen LogP contribution in [-0.4, -0.2) is 17.0 Å². The van der Waals surface area contributed by atoms with E-state index in [2.05, 4.69) is 41.1 Å². The minimum atomic E-state index is 0.0576. The number of thiophene rings is 1. The van der Waals surface area contributed by atoms with E-state index < -0.39 is 0 Å². The van der Waals surface area contributed by atoms with E-state index in [1.807, 2.05) is 13.8 Å². The Hall–Kier alpha value is -1.27. The van der Waals surface area contributed by atoms with Gasteiger partial charge in [-0.3, -0.25) is 0 Å². The summed E-state index contributed by atoms with van der Waals surface area (Å²) in [7, 11) is 0. The highest BCUT2D eigenvalue weighted by atomic mass is 32.1. The summed E-state index contributed by atoms with van der Waals surface area (Å²) in [5.41, 5.74) is 5.92. The van der Waals surface area contributed by atoms with Crippen molar-refractivity contribution in [3.8, 4) is 5.75 Å². The molecule has 0 spiro atoms. The largest absolute Gasteiger partial charge is 0.484 e. The van der Waals surface area contributed by atoms with Gasteiger partial charge in [0.2, 0.25) is 0 Å². The SMILES string of the molecule is CC(C)Oc1c(N)nsc1NCC(C)(C)c1cccs1. The van der Waals surface area contributed by atoms with E-state index in [9.17, 15) is 0 Å². The molecule has 2 aromatic rings. The minimum absolute atomic E-state index is 0.0576. The molecule has 0 atom stereocenters. The van der Waals surface area contributed by atoms with Crippen molar-refractivity contribution >= 4 is 33.7 Å². The first kappa shape index (κ1) is 15.1. The molecule has 0 aromatic carbocycles. The molecule has 0 saturated carbocycles. The van der Waals surface area contributed by atoms with E-state index >= 15 is 0 Å². The van der Waals surface area contributed by atoms with Crippen molar-refractivity contribution < 1.29 is 4.74 Å². The number of nitrogen functional groups attached to an aromatic ring is 1. The third-order valence-electron chi connectivity index (χ3n) is 2.91. The maximum absolute atomic E-state index is 5.86. The van der Waals surface area contributed by atoms with Crippen LogP contribution >= 0.6 is 22.9 Å². The smallest absolute Gasteiger partial charge is 0.197 e. The zero-order valence-corrected chi connectivity index (χ0v) is 13.9. The third kappa shape index (κ3) is 3.43. The highest BCUT2D eigenvalue weighted by molar-refractivity contribution is 7.11. The molecule has 2 aromatic heterocycles. The van der Waals surface area contributed by atoms with Gasteiger partial charge in [0.1, 0.15) is 0 Å². The van der Waals surface area contributed by atoms with Crippen molar-refractivity contribution in [3.05, 3.63) is 22.4 Å². The molecule has 0 aliphatic heterocycles.